The fourth-order valence-corrected chi connectivity index (χ4v) is 2.14. The molecule has 1 aromatic carbocycles. The Balaban J connectivity index is 0.00000192. The molecule has 0 unspecified atom stereocenters. The highest BCUT2D eigenvalue weighted by molar-refractivity contribution is 14.0. The van der Waals surface area contributed by atoms with Crippen molar-refractivity contribution in [2.75, 3.05) is 13.3 Å². The van der Waals surface area contributed by atoms with E-state index in [0.717, 1.165) is 29.2 Å². The van der Waals surface area contributed by atoms with Crippen molar-refractivity contribution in [3.63, 3.8) is 0 Å². The number of rotatable bonds is 5. The third kappa shape index (κ3) is 4.98. The number of nitrogens with zero attached hydrogens (tertiary/aromatic N) is 2. The molecule has 0 spiro atoms. The van der Waals surface area contributed by atoms with Crippen LogP contribution in [0.15, 0.2) is 47.6 Å². The molecule has 23 heavy (non-hydrogen) atoms. The Morgan fingerprint density at radius 2 is 2.09 bits per heavy atom. The maximum atomic E-state index is 5.86. The van der Waals surface area contributed by atoms with Gasteiger partial charge in [-0.3, -0.25) is 4.98 Å². The number of halogens is 1. The largest absolute Gasteiger partial charge is 0.454 e. The van der Waals surface area contributed by atoms with E-state index in [2.05, 4.69) is 15.3 Å². The smallest absolute Gasteiger partial charge is 0.231 e. The lowest BCUT2D eigenvalue weighted by Crippen LogP contribution is -2.33. The van der Waals surface area contributed by atoms with Crippen molar-refractivity contribution in [3.8, 4) is 11.5 Å². The van der Waals surface area contributed by atoms with Crippen molar-refractivity contribution < 1.29 is 9.47 Å². The van der Waals surface area contributed by atoms with Crippen LogP contribution < -0.4 is 20.5 Å². The molecule has 2 aromatic rings. The highest BCUT2D eigenvalue weighted by Crippen LogP contribution is 2.32. The molecular formula is C16H19IN4O2. The monoisotopic (exact) mass is 426 g/mol. The Morgan fingerprint density at radius 3 is 2.91 bits per heavy atom. The van der Waals surface area contributed by atoms with Crippen molar-refractivity contribution in [1.29, 1.82) is 0 Å². The van der Waals surface area contributed by atoms with Crippen LogP contribution in [0.5, 0.6) is 11.5 Å². The minimum Gasteiger partial charge on any atom is -0.454 e. The molecule has 0 atom stereocenters. The van der Waals surface area contributed by atoms with Crippen LogP contribution in [0.2, 0.25) is 0 Å². The lowest BCUT2D eigenvalue weighted by atomic mass is 10.2. The molecule has 0 aliphatic carbocycles. The van der Waals surface area contributed by atoms with Gasteiger partial charge < -0.3 is 20.5 Å². The molecule has 3 rings (SSSR count). The molecule has 0 saturated carbocycles. The van der Waals surface area contributed by atoms with Gasteiger partial charge in [0, 0.05) is 24.9 Å². The Hall–Kier alpha value is -2.03. The SMILES string of the molecule is I.NC(=NCc1ccc2c(c1)OCO2)NCCc1ccccn1. The highest BCUT2D eigenvalue weighted by Gasteiger charge is 2.12. The zero-order chi connectivity index (χ0) is 15.2. The van der Waals surface area contributed by atoms with Gasteiger partial charge in [0.15, 0.2) is 17.5 Å². The van der Waals surface area contributed by atoms with E-state index < -0.39 is 0 Å². The van der Waals surface area contributed by atoms with E-state index in [4.69, 9.17) is 15.2 Å². The van der Waals surface area contributed by atoms with Crippen molar-refractivity contribution in [1.82, 2.24) is 10.3 Å². The standard InChI is InChI=1S/C16H18N4O2.HI/c17-16(19-8-6-13-3-1-2-7-18-13)20-10-12-4-5-14-15(9-12)22-11-21-14;/h1-5,7,9H,6,8,10-11H2,(H3,17,19,20);1H. The van der Waals surface area contributed by atoms with Crippen molar-refractivity contribution in [3.05, 3.63) is 53.9 Å². The van der Waals surface area contributed by atoms with Gasteiger partial charge in [0.2, 0.25) is 6.79 Å². The number of hydrogen-bond donors (Lipinski definition) is 2. The van der Waals surface area contributed by atoms with Gasteiger partial charge >= 0.3 is 0 Å². The topological polar surface area (TPSA) is 81.8 Å². The average molecular weight is 426 g/mol. The molecule has 0 radical (unpaired) electrons. The molecule has 3 N–H and O–H groups in total. The Morgan fingerprint density at radius 1 is 1.22 bits per heavy atom. The van der Waals surface area contributed by atoms with Gasteiger partial charge in [0.1, 0.15) is 0 Å². The van der Waals surface area contributed by atoms with Crippen LogP contribution in [0, 0.1) is 0 Å². The summed E-state index contributed by atoms with van der Waals surface area (Å²) in [5.41, 5.74) is 7.91. The van der Waals surface area contributed by atoms with Gasteiger partial charge in [-0.2, -0.15) is 0 Å². The molecule has 1 aromatic heterocycles. The maximum Gasteiger partial charge on any atom is 0.231 e. The minimum absolute atomic E-state index is 0. The van der Waals surface area contributed by atoms with Gasteiger partial charge in [-0.05, 0) is 29.8 Å². The van der Waals surface area contributed by atoms with Crippen LogP contribution in [0.3, 0.4) is 0 Å². The first-order valence-electron chi connectivity index (χ1n) is 7.13. The first kappa shape index (κ1) is 17.3. The average Bonchev–Trinajstić information content (AvgIpc) is 3.01. The lowest BCUT2D eigenvalue weighted by molar-refractivity contribution is 0.174. The predicted octanol–water partition coefficient (Wildman–Crippen LogP) is 2.08. The third-order valence-corrected chi connectivity index (χ3v) is 3.28. The summed E-state index contributed by atoms with van der Waals surface area (Å²) in [5, 5.41) is 3.09. The van der Waals surface area contributed by atoms with Crippen LogP contribution in [0.4, 0.5) is 0 Å². The second-order valence-corrected chi connectivity index (χ2v) is 4.89. The normalized spacial score (nSPS) is 12.6. The quantitative estimate of drug-likeness (QED) is 0.435. The molecular weight excluding hydrogens is 407 g/mol. The second kappa shape index (κ2) is 8.56. The molecule has 7 heteroatoms. The van der Waals surface area contributed by atoms with Crippen LogP contribution in [0.1, 0.15) is 11.3 Å². The first-order chi connectivity index (χ1) is 10.8. The van der Waals surface area contributed by atoms with Crippen LogP contribution in [0.25, 0.3) is 0 Å². The van der Waals surface area contributed by atoms with E-state index >= 15 is 0 Å². The fourth-order valence-electron chi connectivity index (χ4n) is 2.14. The number of nitrogens with two attached hydrogens (primary N) is 1. The fraction of sp³-hybridized carbons (Fsp3) is 0.250. The molecule has 0 fully saturated rings. The molecule has 0 bridgehead atoms. The summed E-state index contributed by atoms with van der Waals surface area (Å²) >= 11 is 0. The van der Waals surface area contributed by atoms with Gasteiger partial charge in [-0.1, -0.05) is 12.1 Å². The molecule has 6 nitrogen and oxygen atoms in total. The van der Waals surface area contributed by atoms with Crippen molar-refractivity contribution in [2.45, 2.75) is 13.0 Å². The van der Waals surface area contributed by atoms with Gasteiger partial charge in [0.25, 0.3) is 0 Å². The van der Waals surface area contributed by atoms with Crippen molar-refractivity contribution >= 4 is 29.9 Å². The Labute approximate surface area is 152 Å². The summed E-state index contributed by atoms with van der Waals surface area (Å²) in [6, 6.07) is 11.6. The number of nitrogens with one attached hydrogen (secondary N) is 1. The molecule has 2 heterocycles. The van der Waals surface area contributed by atoms with Crippen LogP contribution in [-0.2, 0) is 13.0 Å². The Kier molecular flexibility index (Phi) is 6.45. The van der Waals surface area contributed by atoms with E-state index in [0.29, 0.717) is 19.0 Å². The molecule has 1 aliphatic heterocycles. The number of fused-ring (bicyclic) bond motifs is 1. The second-order valence-electron chi connectivity index (χ2n) is 4.89. The number of hydrogen-bond acceptors (Lipinski definition) is 4. The Bertz CT molecular complexity index is 664. The molecule has 1 aliphatic rings. The van der Waals surface area contributed by atoms with E-state index in [1.165, 1.54) is 0 Å². The number of benzene rings is 1. The maximum absolute atomic E-state index is 5.86. The zero-order valence-corrected chi connectivity index (χ0v) is 14.9. The highest BCUT2D eigenvalue weighted by atomic mass is 127. The summed E-state index contributed by atoms with van der Waals surface area (Å²) in [4.78, 5) is 8.57. The molecule has 0 saturated heterocycles. The van der Waals surface area contributed by atoms with Gasteiger partial charge in [0.05, 0.1) is 6.54 Å². The summed E-state index contributed by atoms with van der Waals surface area (Å²) in [6.45, 7) is 1.48. The lowest BCUT2D eigenvalue weighted by Gasteiger charge is -2.05. The van der Waals surface area contributed by atoms with E-state index in [1.54, 1.807) is 6.20 Å². The molecule has 122 valence electrons. The first-order valence-corrected chi connectivity index (χ1v) is 7.13. The number of aromatic nitrogens is 1. The summed E-state index contributed by atoms with van der Waals surface area (Å²) in [5.74, 6) is 1.96. The number of guanidine groups is 1. The van der Waals surface area contributed by atoms with Crippen molar-refractivity contribution in [2.24, 2.45) is 10.7 Å². The van der Waals surface area contributed by atoms with Crippen LogP contribution in [-0.4, -0.2) is 24.3 Å². The number of pyridine rings is 1. The predicted molar refractivity (Wildman–Crippen MR) is 99.3 cm³/mol. The summed E-state index contributed by atoms with van der Waals surface area (Å²) in [6.07, 6.45) is 2.59. The third-order valence-electron chi connectivity index (χ3n) is 3.28. The number of aliphatic imine (C=N–C) groups is 1. The zero-order valence-electron chi connectivity index (χ0n) is 12.6. The minimum atomic E-state index is 0. The summed E-state index contributed by atoms with van der Waals surface area (Å²) < 4.78 is 10.6. The van der Waals surface area contributed by atoms with E-state index in [9.17, 15) is 0 Å². The van der Waals surface area contributed by atoms with Gasteiger partial charge in [-0.25, -0.2) is 4.99 Å². The summed E-state index contributed by atoms with van der Waals surface area (Å²) in [7, 11) is 0. The molecule has 0 amide bonds. The van der Waals surface area contributed by atoms with E-state index in [1.807, 2.05) is 36.4 Å². The van der Waals surface area contributed by atoms with E-state index in [-0.39, 0.29) is 30.8 Å². The van der Waals surface area contributed by atoms with Gasteiger partial charge in [-0.15, -0.1) is 24.0 Å². The van der Waals surface area contributed by atoms with Crippen LogP contribution >= 0.6 is 24.0 Å². The number of ether oxygens (including phenoxy) is 2.